The summed E-state index contributed by atoms with van der Waals surface area (Å²) < 4.78 is 21.8. The molecular weight excluding hydrogens is 388 g/mol. The van der Waals surface area contributed by atoms with Crippen LogP contribution in [0.1, 0.15) is 11.1 Å². The van der Waals surface area contributed by atoms with E-state index in [2.05, 4.69) is 15.9 Å². The zero-order chi connectivity index (χ0) is 18.4. The standard InChI is InChI=1S/C19H19BrO5/c1-22-16-6-5-12(8-17(16)23-2)7-13(11-21)14-9-18(24-3)19(25-4)10-15(14)20/h5-11H,1-4H3/b13-7+. The summed E-state index contributed by atoms with van der Waals surface area (Å²) in [6.07, 6.45) is 2.56. The maximum Gasteiger partial charge on any atom is 0.161 e. The summed E-state index contributed by atoms with van der Waals surface area (Å²) in [5.41, 5.74) is 1.99. The number of aldehydes is 1. The zero-order valence-electron chi connectivity index (χ0n) is 14.5. The molecule has 25 heavy (non-hydrogen) atoms. The first-order valence-electron chi connectivity index (χ1n) is 7.38. The number of carbonyl (C=O) groups excluding carboxylic acids is 1. The van der Waals surface area contributed by atoms with Crippen molar-refractivity contribution < 1.29 is 23.7 Å². The largest absolute Gasteiger partial charge is 0.493 e. The number of benzene rings is 2. The lowest BCUT2D eigenvalue weighted by molar-refractivity contribution is -0.103. The van der Waals surface area contributed by atoms with E-state index < -0.39 is 0 Å². The van der Waals surface area contributed by atoms with Gasteiger partial charge in [0.2, 0.25) is 0 Å². The molecule has 2 aromatic rings. The first-order valence-corrected chi connectivity index (χ1v) is 8.18. The topological polar surface area (TPSA) is 54.0 Å². The molecular formula is C19H19BrO5. The average Bonchev–Trinajstić information content (AvgIpc) is 2.65. The van der Waals surface area contributed by atoms with Gasteiger partial charge in [-0.15, -0.1) is 0 Å². The van der Waals surface area contributed by atoms with Crippen molar-refractivity contribution in [1.29, 1.82) is 0 Å². The average molecular weight is 407 g/mol. The number of carbonyl (C=O) groups is 1. The fourth-order valence-corrected chi connectivity index (χ4v) is 2.92. The molecule has 0 aliphatic carbocycles. The molecule has 0 heterocycles. The first kappa shape index (κ1) is 18.9. The molecule has 0 saturated carbocycles. The van der Waals surface area contributed by atoms with Gasteiger partial charge in [0, 0.05) is 15.6 Å². The normalized spacial score (nSPS) is 11.0. The fraction of sp³-hybridized carbons (Fsp3) is 0.211. The van der Waals surface area contributed by atoms with Crippen LogP contribution in [-0.4, -0.2) is 34.7 Å². The number of methoxy groups -OCH3 is 4. The lowest BCUT2D eigenvalue weighted by Crippen LogP contribution is -1.95. The summed E-state index contributed by atoms with van der Waals surface area (Å²) in [5, 5.41) is 0. The minimum atomic E-state index is 0.486. The van der Waals surface area contributed by atoms with Crippen LogP contribution in [0.3, 0.4) is 0 Å². The highest BCUT2D eigenvalue weighted by molar-refractivity contribution is 9.10. The van der Waals surface area contributed by atoms with Crippen LogP contribution in [0.4, 0.5) is 0 Å². The van der Waals surface area contributed by atoms with Crippen molar-refractivity contribution in [2.24, 2.45) is 0 Å². The van der Waals surface area contributed by atoms with E-state index in [1.54, 1.807) is 58.8 Å². The van der Waals surface area contributed by atoms with Gasteiger partial charge >= 0.3 is 0 Å². The quantitative estimate of drug-likeness (QED) is 0.391. The molecule has 2 aromatic carbocycles. The summed E-state index contributed by atoms with van der Waals surface area (Å²) in [4.78, 5) is 11.7. The SMILES string of the molecule is COc1ccc(/C=C(\C=O)c2cc(OC)c(OC)cc2Br)cc1OC. The minimum absolute atomic E-state index is 0.486. The molecule has 0 aromatic heterocycles. The molecule has 0 spiro atoms. The van der Waals surface area contributed by atoms with Crippen LogP contribution in [0.15, 0.2) is 34.8 Å². The van der Waals surface area contributed by atoms with Crippen molar-refractivity contribution in [2.75, 3.05) is 28.4 Å². The van der Waals surface area contributed by atoms with Crippen LogP contribution >= 0.6 is 15.9 Å². The van der Waals surface area contributed by atoms with E-state index in [1.165, 1.54) is 0 Å². The zero-order valence-corrected chi connectivity index (χ0v) is 16.0. The Morgan fingerprint density at radius 3 is 1.96 bits per heavy atom. The second kappa shape index (κ2) is 8.58. The predicted octanol–water partition coefficient (Wildman–Crippen LogP) is 4.22. The molecule has 132 valence electrons. The number of allylic oxidation sites excluding steroid dienone is 1. The fourth-order valence-electron chi connectivity index (χ4n) is 2.37. The highest BCUT2D eigenvalue weighted by Crippen LogP contribution is 2.37. The Kier molecular flexibility index (Phi) is 6.47. The lowest BCUT2D eigenvalue weighted by Gasteiger charge is -2.12. The number of hydrogen-bond donors (Lipinski definition) is 0. The summed E-state index contributed by atoms with van der Waals surface area (Å²) in [6, 6.07) is 8.96. The Hall–Kier alpha value is -2.47. The number of halogens is 1. The number of rotatable bonds is 7. The Labute approximate surface area is 155 Å². The van der Waals surface area contributed by atoms with Crippen LogP contribution in [0, 0.1) is 0 Å². The van der Waals surface area contributed by atoms with Crippen LogP contribution in [-0.2, 0) is 4.79 Å². The molecule has 5 nitrogen and oxygen atoms in total. The molecule has 0 aliphatic heterocycles. The molecule has 6 heteroatoms. The Bertz CT molecular complexity index is 799. The summed E-state index contributed by atoms with van der Waals surface area (Å²) in [7, 11) is 6.25. The molecule has 0 N–H and O–H groups in total. The van der Waals surface area contributed by atoms with E-state index in [1.807, 2.05) is 6.07 Å². The Morgan fingerprint density at radius 1 is 0.840 bits per heavy atom. The third-order valence-corrected chi connectivity index (χ3v) is 4.30. The van der Waals surface area contributed by atoms with Gasteiger partial charge in [0.25, 0.3) is 0 Å². The Balaban J connectivity index is 2.53. The molecule has 2 rings (SSSR count). The van der Waals surface area contributed by atoms with Gasteiger partial charge < -0.3 is 18.9 Å². The number of ether oxygens (including phenoxy) is 4. The van der Waals surface area contributed by atoms with Crippen LogP contribution in [0.2, 0.25) is 0 Å². The Morgan fingerprint density at radius 2 is 1.40 bits per heavy atom. The van der Waals surface area contributed by atoms with Gasteiger partial charge in [-0.05, 0) is 35.9 Å². The van der Waals surface area contributed by atoms with Crippen LogP contribution < -0.4 is 18.9 Å². The molecule has 0 atom stereocenters. The van der Waals surface area contributed by atoms with E-state index in [4.69, 9.17) is 18.9 Å². The molecule has 0 radical (unpaired) electrons. The highest BCUT2D eigenvalue weighted by atomic mass is 79.9. The van der Waals surface area contributed by atoms with Gasteiger partial charge in [-0.2, -0.15) is 0 Å². The van der Waals surface area contributed by atoms with Crippen molar-refractivity contribution in [3.63, 3.8) is 0 Å². The first-order chi connectivity index (χ1) is 12.1. The van der Waals surface area contributed by atoms with E-state index in [0.29, 0.717) is 34.1 Å². The molecule has 0 amide bonds. The van der Waals surface area contributed by atoms with Crippen molar-refractivity contribution in [3.8, 4) is 23.0 Å². The number of hydrogen-bond acceptors (Lipinski definition) is 5. The molecule has 0 unspecified atom stereocenters. The maximum atomic E-state index is 11.7. The third-order valence-electron chi connectivity index (χ3n) is 3.64. The smallest absolute Gasteiger partial charge is 0.161 e. The van der Waals surface area contributed by atoms with Gasteiger partial charge in [-0.3, -0.25) is 4.79 Å². The van der Waals surface area contributed by atoms with Crippen molar-refractivity contribution in [3.05, 3.63) is 45.9 Å². The summed E-state index contributed by atoms with van der Waals surface area (Å²) in [5.74, 6) is 2.34. The predicted molar refractivity (Wildman–Crippen MR) is 101 cm³/mol. The lowest BCUT2D eigenvalue weighted by atomic mass is 10.0. The molecule has 0 fully saturated rings. The van der Waals surface area contributed by atoms with E-state index in [-0.39, 0.29) is 0 Å². The maximum absolute atomic E-state index is 11.7. The van der Waals surface area contributed by atoms with Crippen molar-refractivity contribution in [2.45, 2.75) is 0 Å². The molecule has 0 bridgehead atoms. The van der Waals surface area contributed by atoms with E-state index >= 15 is 0 Å². The highest BCUT2D eigenvalue weighted by Gasteiger charge is 2.13. The van der Waals surface area contributed by atoms with Gasteiger partial charge in [-0.1, -0.05) is 22.0 Å². The monoisotopic (exact) mass is 406 g/mol. The van der Waals surface area contributed by atoms with E-state index in [0.717, 1.165) is 16.3 Å². The van der Waals surface area contributed by atoms with Gasteiger partial charge in [-0.25, -0.2) is 0 Å². The van der Waals surface area contributed by atoms with Crippen LogP contribution in [0.25, 0.3) is 11.6 Å². The molecule has 0 saturated heterocycles. The van der Waals surface area contributed by atoms with Gasteiger partial charge in [0.1, 0.15) is 0 Å². The van der Waals surface area contributed by atoms with Gasteiger partial charge in [0.15, 0.2) is 29.3 Å². The summed E-state index contributed by atoms with van der Waals surface area (Å²) >= 11 is 3.48. The van der Waals surface area contributed by atoms with Gasteiger partial charge in [0.05, 0.1) is 28.4 Å². The van der Waals surface area contributed by atoms with E-state index in [9.17, 15) is 4.79 Å². The van der Waals surface area contributed by atoms with Crippen LogP contribution in [0.5, 0.6) is 23.0 Å². The summed E-state index contributed by atoms with van der Waals surface area (Å²) in [6.45, 7) is 0. The molecule has 0 aliphatic rings. The third kappa shape index (κ3) is 4.14. The van der Waals surface area contributed by atoms with Crippen molar-refractivity contribution in [1.82, 2.24) is 0 Å². The second-order valence-corrected chi connectivity index (χ2v) is 5.87. The van der Waals surface area contributed by atoms with Crippen molar-refractivity contribution >= 4 is 33.9 Å². The minimum Gasteiger partial charge on any atom is -0.493 e. The second-order valence-electron chi connectivity index (χ2n) is 5.02.